The number of thiazole rings is 1. The molecular formula is C11H10N4O3S2. The monoisotopic (exact) mass is 310 g/mol. The molecule has 104 valence electrons. The number of carboxylic acids is 1. The largest absolute Gasteiger partial charge is 0.477 e. The summed E-state index contributed by atoms with van der Waals surface area (Å²) in [6.07, 6.45) is 3.05. The maximum Gasteiger partial charge on any atom is 0.347 e. The van der Waals surface area contributed by atoms with Crippen molar-refractivity contribution in [3.05, 3.63) is 29.0 Å². The van der Waals surface area contributed by atoms with Gasteiger partial charge in [-0.2, -0.15) is 0 Å². The number of hydrogen-bond acceptors (Lipinski definition) is 7. The van der Waals surface area contributed by atoms with Crippen molar-refractivity contribution in [1.29, 1.82) is 0 Å². The van der Waals surface area contributed by atoms with E-state index < -0.39 is 5.97 Å². The number of amides is 1. The van der Waals surface area contributed by atoms with Gasteiger partial charge in [-0.25, -0.2) is 19.7 Å². The van der Waals surface area contributed by atoms with Crippen molar-refractivity contribution in [3.63, 3.8) is 0 Å². The Kier molecular flexibility index (Phi) is 4.64. The molecule has 0 radical (unpaired) electrons. The molecule has 2 N–H and O–H groups in total. The summed E-state index contributed by atoms with van der Waals surface area (Å²) in [6, 6.07) is 1.65. The minimum atomic E-state index is -1.01. The summed E-state index contributed by atoms with van der Waals surface area (Å²) in [6.45, 7) is 1.63. The third kappa shape index (κ3) is 3.75. The molecule has 0 aliphatic carbocycles. The van der Waals surface area contributed by atoms with E-state index in [1.54, 1.807) is 13.0 Å². The molecular weight excluding hydrogens is 300 g/mol. The molecule has 0 aromatic carbocycles. The molecule has 0 spiro atoms. The Hall–Kier alpha value is -2.00. The lowest BCUT2D eigenvalue weighted by atomic mass is 10.4. The van der Waals surface area contributed by atoms with Crippen LogP contribution in [0.1, 0.15) is 15.4 Å². The van der Waals surface area contributed by atoms with Gasteiger partial charge in [0.2, 0.25) is 11.9 Å². The van der Waals surface area contributed by atoms with Gasteiger partial charge in [0.1, 0.15) is 4.88 Å². The third-order valence-corrected chi connectivity index (χ3v) is 4.40. The van der Waals surface area contributed by atoms with Crippen LogP contribution in [0.15, 0.2) is 22.8 Å². The van der Waals surface area contributed by atoms with Gasteiger partial charge >= 0.3 is 5.97 Å². The molecule has 1 amide bonds. The molecule has 2 heterocycles. The molecule has 9 heteroatoms. The van der Waals surface area contributed by atoms with Crippen LogP contribution < -0.4 is 5.32 Å². The van der Waals surface area contributed by atoms with Crippen LogP contribution in [0.5, 0.6) is 0 Å². The highest BCUT2D eigenvalue weighted by molar-refractivity contribution is 8.01. The lowest BCUT2D eigenvalue weighted by molar-refractivity contribution is -0.113. The van der Waals surface area contributed by atoms with E-state index in [1.165, 1.54) is 24.2 Å². The van der Waals surface area contributed by atoms with Crippen molar-refractivity contribution in [2.24, 2.45) is 0 Å². The number of hydrogen-bond donors (Lipinski definition) is 2. The van der Waals surface area contributed by atoms with E-state index in [9.17, 15) is 9.59 Å². The second-order valence-corrected chi connectivity index (χ2v) is 5.83. The number of aryl methyl sites for hydroxylation is 1. The quantitative estimate of drug-likeness (QED) is 0.809. The first-order chi connectivity index (χ1) is 9.56. The maximum absolute atomic E-state index is 11.7. The van der Waals surface area contributed by atoms with Crippen molar-refractivity contribution in [3.8, 4) is 0 Å². The summed E-state index contributed by atoms with van der Waals surface area (Å²) in [7, 11) is 0. The molecule has 20 heavy (non-hydrogen) atoms. The summed E-state index contributed by atoms with van der Waals surface area (Å²) in [5.74, 6) is -0.927. The van der Waals surface area contributed by atoms with Crippen LogP contribution in [0, 0.1) is 6.92 Å². The molecule has 2 aromatic rings. The first kappa shape index (κ1) is 14.4. The standard InChI is InChI=1S/C11H10N4O3S2/c1-6-8(9(17)18)20-11(14-6)19-5-7(16)15-10-12-3-2-4-13-10/h2-4H,5H2,1H3,(H,17,18)(H,12,13,15,16). The fourth-order valence-corrected chi connectivity index (χ4v) is 3.11. The number of carboxylic acid groups (broad SMARTS) is 1. The summed E-state index contributed by atoms with van der Waals surface area (Å²) in [5, 5.41) is 11.5. The molecule has 2 aromatic heterocycles. The van der Waals surface area contributed by atoms with Crippen molar-refractivity contribution >= 4 is 40.9 Å². The number of nitrogens with one attached hydrogen (secondary N) is 1. The zero-order valence-electron chi connectivity index (χ0n) is 10.4. The average molecular weight is 310 g/mol. The average Bonchev–Trinajstić information content (AvgIpc) is 2.79. The maximum atomic E-state index is 11.7. The fourth-order valence-electron chi connectivity index (χ4n) is 1.28. The Bertz CT molecular complexity index is 630. The fraction of sp³-hybridized carbons (Fsp3) is 0.182. The van der Waals surface area contributed by atoms with Crippen molar-refractivity contribution in [2.45, 2.75) is 11.3 Å². The van der Waals surface area contributed by atoms with Crippen LogP contribution in [-0.2, 0) is 4.79 Å². The molecule has 0 unspecified atom stereocenters. The first-order valence-electron chi connectivity index (χ1n) is 5.46. The van der Waals surface area contributed by atoms with E-state index in [1.807, 2.05) is 0 Å². The van der Waals surface area contributed by atoms with E-state index in [0.717, 1.165) is 11.3 Å². The highest BCUT2D eigenvalue weighted by atomic mass is 32.2. The first-order valence-corrected chi connectivity index (χ1v) is 7.27. The lowest BCUT2D eigenvalue weighted by Crippen LogP contribution is -2.15. The van der Waals surface area contributed by atoms with Crippen LogP contribution in [-0.4, -0.2) is 37.7 Å². The van der Waals surface area contributed by atoms with Crippen LogP contribution in [0.3, 0.4) is 0 Å². The summed E-state index contributed by atoms with van der Waals surface area (Å²) in [5.41, 5.74) is 0.455. The van der Waals surface area contributed by atoms with Crippen molar-refractivity contribution in [2.75, 3.05) is 11.1 Å². The van der Waals surface area contributed by atoms with E-state index in [0.29, 0.717) is 10.0 Å². The Morgan fingerprint density at radius 1 is 1.40 bits per heavy atom. The predicted molar refractivity (Wildman–Crippen MR) is 75.2 cm³/mol. The van der Waals surface area contributed by atoms with Gasteiger partial charge < -0.3 is 5.11 Å². The van der Waals surface area contributed by atoms with Gasteiger partial charge in [-0.05, 0) is 13.0 Å². The molecule has 0 aliphatic heterocycles. The summed E-state index contributed by atoms with van der Waals surface area (Å²) in [4.78, 5) is 34.6. The number of carbonyl (C=O) groups is 2. The second-order valence-electron chi connectivity index (χ2n) is 3.61. The zero-order valence-corrected chi connectivity index (χ0v) is 12.0. The molecule has 0 saturated heterocycles. The molecule has 0 fully saturated rings. The van der Waals surface area contributed by atoms with Gasteiger partial charge in [-0.1, -0.05) is 11.8 Å². The molecule has 2 rings (SSSR count). The van der Waals surface area contributed by atoms with Crippen LogP contribution in [0.25, 0.3) is 0 Å². The van der Waals surface area contributed by atoms with E-state index in [2.05, 4.69) is 20.3 Å². The summed E-state index contributed by atoms with van der Waals surface area (Å²) < 4.78 is 0.545. The van der Waals surface area contributed by atoms with Crippen LogP contribution >= 0.6 is 23.1 Å². The zero-order chi connectivity index (χ0) is 14.5. The van der Waals surface area contributed by atoms with E-state index in [4.69, 9.17) is 5.11 Å². The molecule has 0 bridgehead atoms. The van der Waals surface area contributed by atoms with Gasteiger partial charge in [0.15, 0.2) is 4.34 Å². The van der Waals surface area contributed by atoms with Gasteiger partial charge in [0.25, 0.3) is 0 Å². The molecule has 0 atom stereocenters. The number of nitrogens with zero attached hydrogens (tertiary/aromatic N) is 3. The summed E-state index contributed by atoms with van der Waals surface area (Å²) >= 11 is 2.23. The van der Waals surface area contributed by atoms with Gasteiger partial charge in [0, 0.05) is 12.4 Å². The van der Waals surface area contributed by atoms with Gasteiger partial charge in [-0.15, -0.1) is 11.3 Å². The third-order valence-electron chi connectivity index (χ3n) is 2.11. The molecule has 0 saturated carbocycles. The highest BCUT2D eigenvalue weighted by Crippen LogP contribution is 2.27. The number of aromatic nitrogens is 3. The number of carbonyl (C=O) groups excluding carboxylic acids is 1. The Morgan fingerprint density at radius 2 is 2.10 bits per heavy atom. The number of thioether (sulfide) groups is 1. The highest BCUT2D eigenvalue weighted by Gasteiger charge is 2.15. The van der Waals surface area contributed by atoms with E-state index >= 15 is 0 Å². The SMILES string of the molecule is Cc1nc(SCC(=O)Nc2ncccn2)sc1C(=O)O. The normalized spacial score (nSPS) is 10.2. The minimum absolute atomic E-state index is 0.115. The molecule has 0 aliphatic rings. The number of aromatic carboxylic acids is 1. The van der Waals surface area contributed by atoms with Crippen LogP contribution in [0.2, 0.25) is 0 Å². The molecule has 7 nitrogen and oxygen atoms in total. The Balaban J connectivity index is 1.90. The Morgan fingerprint density at radius 3 is 2.70 bits per heavy atom. The van der Waals surface area contributed by atoms with Crippen molar-refractivity contribution < 1.29 is 14.7 Å². The van der Waals surface area contributed by atoms with Crippen LogP contribution in [0.4, 0.5) is 5.95 Å². The minimum Gasteiger partial charge on any atom is -0.477 e. The number of anilines is 1. The lowest BCUT2D eigenvalue weighted by Gasteiger charge is -2.00. The number of rotatable bonds is 5. The van der Waals surface area contributed by atoms with Gasteiger partial charge in [0.05, 0.1) is 11.4 Å². The topological polar surface area (TPSA) is 105 Å². The predicted octanol–water partition coefficient (Wildman–Crippen LogP) is 1.67. The second kappa shape index (κ2) is 6.44. The Labute approximate surface area is 122 Å². The smallest absolute Gasteiger partial charge is 0.347 e. The van der Waals surface area contributed by atoms with E-state index in [-0.39, 0.29) is 22.5 Å². The van der Waals surface area contributed by atoms with Crippen molar-refractivity contribution in [1.82, 2.24) is 15.0 Å². The van der Waals surface area contributed by atoms with Gasteiger partial charge in [-0.3, -0.25) is 10.1 Å².